The number of piperidine rings is 1. The highest BCUT2D eigenvalue weighted by Crippen LogP contribution is 2.35. The number of aliphatic carboxylic acids is 3. The van der Waals surface area contributed by atoms with Gasteiger partial charge in [-0.2, -0.15) is 0 Å². The van der Waals surface area contributed by atoms with Crippen molar-refractivity contribution in [2.24, 2.45) is 0 Å². The summed E-state index contributed by atoms with van der Waals surface area (Å²) >= 11 is 3.71. The second-order valence-corrected chi connectivity index (χ2v) is 9.15. The molecule has 1 aliphatic heterocycles. The highest BCUT2D eigenvalue weighted by atomic mass is 32.1. The normalized spacial score (nSPS) is 14.0. The van der Waals surface area contributed by atoms with Gasteiger partial charge < -0.3 is 30.8 Å². The Balaban J connectivity index is 0.000000330. The van der Waals surface area contributed by atoms with Crippen LogP contribution in [0.2, 0.25) is 0 Å². The summed E-state index contributed by atoms with van der Waals surface area (Å²) in [4.78, 5) is 35.8. The molecule has 0 saturated carbocycles. The molecule has 11 heteroatoms. The second kappa shape index (κ2) is 12.5. The third kappa shape index (κ3) is 7.84. The molecule has 2 aromatic heterocycles. The van der Waals surface area contributed by atoms with Gasteiger partial charge in [0.15, 0.2) is 5.60 Å². The van der Waals surface area contributed by atoms with Gasteiger partial charge in [-0.25, -0.2) is 4.79 Å². The number of carboxylic acid groups (broad SMARTS) is 3. The highest BCUT2D eigenvalue weighted by molar-refractivity contribution is 7.13. The Morgan fingerprint density at radius 3 is 1.84 bits per heavy atom. The monoisotopic (exact) mass is 485 g/mol. The van der Waals surface area contributed by atoms with Crippen molar-refractivity contribution in [2.75, 3.05) is 20.1 Å². The maximum Gasteiger partial charge on any atom is 0.336 e. The molecule has 1 aliphatic rings. The van der Waals surface area contributed by atoms with Crippen molar-refractivity contribution in [2.45, 2.75) is 31.3 Å². The lowest BCUT2D eigenvalue weighted by Crippen LogP contribution is -2.42. The number of likely N-dealkylation sites (N-methyl/N-ethyl adjacent to an activating group) is 1. The van der Waals surface area contributed by atoms with E-state index in [0.717, 1.165) is 6.54 Å². The van der Waals surface area contributed by atoms with Crippen molar-refractivity contribution in [1.29, 1.82) is 0 Å². The Labute approximate surface area is 193 Å². The van der Waals surface area contributed by atoms with Gasteiger partial charge in [-0.15, -0.1) is 22.7 Å². The molecule has 0 radical (unpaired) electrons. The van der Waals surface area contributed by atoms with Crippen LogP contribution in [0.25, 0.3) is 5.57 Å². The molecule has 0 unspecified atom stereocenters. The van der Waals surface area contributed by atoms with Crippen LogP contribution in [-0.2, 0) is 14.4 Å². The number of carbonyl (C=O) groups is 3. The largest absolute Gasteiger partial charge is 0.481 e. The summed E-state index contributed by atoms with van der Waals surface area (Å²) in [5.41, 5.74) is 0.359. The van der Waals surface area contributed by atoms with Crippen molar-refractivity contribution < 1.29 is 40.3 Å². The predicted molar refractivity (Wildman–Crippen MR) is 122 cm³/mol. The van der Waals surface area contributed by atoms with E-state index in [4.69, 9.17) is 20.4 Å². The van der Waals surface area contributed by atoms with Gasteiger partial charge in [-0.05, 0) is 54.9 Å². The molecule has 9 nitrogen and oxygen atoms in total. The Morgan fingerprint density at radius 1 is 1.00 bits per heavy atom. The van der Waals surface area contributed by atoms with Gasteiger partial charge in [0.25, 0.3) is 0 Å². The van der Waals surface area contributed by atoms with Crippen LogP contribution in [-0.4, -0.2) is 74.4 Å². The molecule has 0 atom stereocenters. The van der Waals surface area contributed by atoms with Gasteiger partial charge in [-0.1, -0.05) is 12.1 Å². The zero-order valence-corrected chi connectivity index (χ0v) is 19.1. The Bertz CT molecular complexity index is 870. The number of hydrogen-bond donors (Lipinski definition) is 4. The summed E-state index contributed by atoms with van der Waals surface area (Å²) in [7, 11) is 2.22. The summed E-state index contributed by atoms with van der Waals surface area (Å²) in [5, 5.41) is 38.2. The van der Waals surface area contributed by atoms with Crippen LogP contribution in [0.15, 0.2) is 40.6 Å². The van der Waals surface area contributed by atoms with E-state index < -0.39 is 36.4 Å². The van der Waals surface area contributed by atoms with Gasteiger partial charge in [0.2, 0.25) is 0 Å². The number of likely N-dealkylation sites (tertiary alicyclic amines) is 1. The summed E-state index contributed by atoms with van der Waals surface area (Å²) in [6.07, 6.45) is 0.241. The number of rotatable bonds is 7. The molecule has 6 N–H and O–H groups in total. The number of thiophene rings is 2. The van der Waals surface area contributed by atoms with Gasteiger partial charge in [0, 0.05) is 21.9 Å². The van der Waals surface area contributed by atoms with E-state index in [1.54, 1.807) is 5.57 Å². The molecule has 0 aliphatic carbocycles. The number of nitrogens with zero attached hydrogens (tertiary/aromatic N) is 1. The van der Waals surface area contributed by atoms with Crippen molar-refractivity contribution >= 4 is 46.2 Å². The molecule has 0 amide bonds. The summed E-state index contributed by atoms with van der Waals surface area (Å²) in [6, 6.07) is 8.81. The molecule has 1 fully saturated rings. The second-order valence-electron chi connectivity index (χ2n) is 7.25. The molecular weight excluding hydrogens is 458 g/mol. The van der Waals surface area contributed by atoms with Crippen molar-refractivity contribution in [3.05, 3.63) is 50.4 Å². The Morgan fingerprint density at radius 2 is 1.50 bits per heavy atom. The van der Waals surface area contributed by atoms with E-state index in [-0.39, 0.29) is 5.48 Å². The lowest BCUT2D eigenvalue weighted by Gasteiger charge is -2.26. The van der Waals surface area contributed by atoms with E-state index in [1.807, 2.05) is 22.7 Å². The van der Waals surface area contributed by atoms with Gasteiger partial charge in [0.05, 0.1) is 12.8 Å². The number of aliphatic hydroxyl groups is 1. The first-order valence-electron chi connectivity index (χ1n) is 9.50. The van der Waals surface area contributed by atoms with E-state index in [1.165, 1.54) is 34.7 Å². The molecular formula is C21H27NO8S2. The molecule has 176 valence electrons. The molecule has 0 spiro atoms. The molecule has 0 bridgehead atoms. The van der Waals surface area contributed by atoms with Crippen molar-refractivity contribution in [1.82, 2.24) is 4.90 Å². The van der Waals surface area contributed by atoms with Crippen molar-refractivity contribution in [3.8, 4) is 0 Å². The Kier molecular flexibility index (Phi) is 10.7. The highest BCUT2D eigenvalue weighted by Gasteiger charge is 2.40. The number of carboxylic acids is 3. The first-order chi connectivity index (χ1) is 14.6. The third-order valence-electron chi connectivity index (χ3n) is 4.65. The summed E-state index contributed by atoms with van der Waals surface area (Å²) < 4.78 is 0. The Hall–Kier alpha value is -2.57. The maximum absolute atomic E-state index is 10.3. The van der Waals surface area contributed by atoms with Crippen LogP contribution in [0.3, 0.4) is 0 Å². The van der Waals surface area contributed by atoms with Gasteiger partial charge in [0.1, 0.15) is 0 Å². The third-order valence-corrected chi connectivity index (χ3v) is 6.43. The fourth-order valence-corrected chi connectivity index (χ4v) is 5.01. The topological polar surface area (TPSA) is 167 Å². The lowest BCUT2D eigenvalue weighted by molar-refractivity contribution is -0.170. The smallest absolute Gasteiger partial charge is 0.336 e. The summed E-state index contributed by atoms with van der Waals surface area (Å²) in [5.74, 6) is -5.02. The van der Waals surface area contributed by atoms with E-state index in [9.17, 15) is 14.4 Å². The lowest BCUT2D eigenvalue weighted by atomic mass is 9.96. The van der Waals surface area contributed by atoms with Gasteiger partial charge >= 0.3 is 17.9 Å². The fourth-order valence-electron chi connectivity index (χ4n) is 3.28. The van der Waals surface area contributed by atoms with Crippen molar-refractivity contribution in [3.63, 3.8) is 0 Å². The van der Waals surface area contributed by atoms with E-state index in [2.05, 4.69) is 47.0 Å². The zero-order chi connectivity index (χ0) is 23.0. The molecule has 3 heterocycles. The van der Waals surface area contributed by atoms with Crippen LogP contribution in [0.5, 0.6) is 0 Å². The van der Waals surface area contributed by atoms with Crippen LogP contribution in [0.4, 0.5) is 0 Å². The zero-order valence-electron chi connectivity index (χ0n) is 17.5. The first kappa shape index (κ1) is 27.5. The quantitative estimate of drug-likeness (QED) is 0.463. The van der Waals surface area contributed by atoms with E-state index >= 15 is 0 Å². The molecule has 2 aromatic rings. The SMILES string of the molecule is CN1CCCC(=C(c2cccs2)c2cccs2)C1.O.O=C(O)CC(O)(CC(=O)O)C(=O)O. The average Bonchev–Trinajstić information content (AvgIpc) is 3.36. The first-order valence-corrected chi connectivity index (χ1v) is 11.3. The minimum absolute atomic E-state index is 0. The van der Waals surface area contributed by atoms with E-state index in [0.29, 0.717) is 0 Å². The minimum atomic E-state index is -2.74. The van der Waals surface area contributed by atoms with Crippen LogP contribution in [0, 0.1) is 0 Å². The van der Waals surface area contributed by atoms with Crippen LogP contribution >= 0.6 is 22.7 Å². The molecule has 0 aromatic carbocycles. The van der Waals surface area contributed by atoms with Gasteiger partial charge in [-0.3, -0.25) is 9.59 Å². The molecule has 32 heavy (non-hydrogen) atoms. The standard InChI is InChI=1S/C15H17NS2.C6H8O7.H2O/c1-16-8-2-5-12(11-16)15(13-6-3-9-17-13)14-7-4-10-18-14;7-3(8)1-6(13,5(11)12)2-4(9)10;/h3-4,6-7,9-10H,2,5,8,11H2,1H3;13H,1-2H2,(H,7,8)(H,9,10)(H,11,12);1H2. The summed E-state index contributed by atoms with van der Waals surface area (Å²) in [6.45, 7) is 2.34. The minimum Gasteiger partial charge on any atom is -0.481 e. The maximum atomic E-state index is 10.3. The van der Waals surface area contributed by atoms with Crippen LogP contribution in [0.1, 0.15) is 35.4 Å². The predicted octanol–water partition coefficient (Wildman–Crippen LogP) is 2.26. The molecule has 3 rings (SSSR count). The average molecular weight is 486 g/mol. The molecule has 1 saturated heterocycles. The van der Waals surface area contributed by atoms with Crippen LogP contribution < -0.4 is 0 Å². The fraction of sp³-hybridized carbons (Fsp3) is 0.381. The number of hydrogen-bond acceptors (Lipinski definition) is 7.